The number of hydrogen-bond donors (Lipinski definition) is 3. The summed E-state index contributed by atoms with van der Waals surface area (Å²) in [5.74, 6) is 6.90. The van der Waals surface area contributed by atoms with Crippen LogP contribution in [0, 0.1) is 30.1 Å². The number of aliphatic hydroxyl groups is 2. The number of benzene rings is 1. The summed E-state index contributed by atoms with van der Waals surface area (Å²) in [5, 5.41) is 22.6. The molecule has 1 aromatic carbocycles. The van der Waals surface area contributed by atoms with Crippen LogP contribution in [0.1, 0.15) is 34.8 Å². The second-order valence-electron chi connectivity index (χ2n) is 8.57. The van der Waals surface area contributed by atoms with Gasteiger partial charge in [-0.15, -0.1) is 6.42 Å². The van der Waals surface area contributed by atoms with Crippen molar-refractivity contribution in [2.24, 2.45) is 11.7 Å². The van der Waals surface area contributed by atoms with Crippen LogP contribution in [0.5, 0.6) is 0 Å². The molecule has 0 bridgehead atoms. The number of hydrogen-bond acceptors (Lipinski definition) is 6. The van der Waals surface area contributed by atoms with Crippen LogP contribution in [0.3, 0.4) is 0 Å². The van der Waals surface area contributed by atoms with Crippen LogP contribution in [0.25, 0.3) is 11.0 Å². The van der Waals surface area contributed by atoms with Crippen molar-refractivity contribution in [2.75, 3.05) is 13.1 Å². The van der Waals surface area contributed by atoms with Crippen molar-refractivity contribution in [3.63, 3.8) is 0 Å². The van der Waals surface area contributed by atoms with Crippen LogP contribution in [0.15, 0.2) is 42.9 Å². The molecule has 36 heavy (non-hydrogen) atoms. The molecule has 0 saturated heterocycles. The summed E-state index contributed by atoms with van der Waals surface area (Å²) in [5.41, 5.74) is 6.78. The van der Waals surface area contributed by atoms with Crippen LogP contribution in [-0.4, -0.2) is 66.8 Å². The number of aliphatic hydroxyl groups excluding tert-OH is 2. The molecule has 1 aliphatic rings. The fourth-order valence-corrected chi connectivity index (χ4v) is 4.68. The van der Waals surface area contributed by atoms with Crippen LogP contribution >= 0.6 is 11.6 Å². The zero-order chi connectivity index (χ0) is 25.8. The molecule has 4 N–H and O–H groups in total. The van der Waals surface area contributed by atoms with Gasteiger partial charge in [-0.1, -0.05) is 35.4 Å². The van der Waals surface area contributed by atoms with Gasteiger partial charge in [0.2, 0.25) is 11.8 Å². The van der Waals surface area contributed by atoms with Gasteiger partial charge < -0.3 is 25.4 Å². The third-order valence-electron chi connectivity index (χ3n) is 6.30. The summed E-state index contributed by atoms with van der Waals surface area (Å²) < 4.78 is 1.77. The number of amides is 2. The number of halogens is 1. The highest BCUT2D eigenvalue weighted by molar-refractivity contribution is 6.33. The number of rotatable bonds is 6. The molecule has 0 spiro atoms. The molecule has 1 fully saturated rings. The second-order valence-corrected chi connectivity index (χ2v) is 8.93. The molecule has 3 aromatic rings. The largest absolute Gasteiger partial charge is 0.390 e. The molecule has 9 nitrogen and oxygen atoms in total. The number of carbonyl (C=O) groups excluding carboxylic acids is 2. The Morgan fingerprint density at radius 1 is 1.25 bits per heavy atom. The molecule has 0 radical (unpaired) electrons. The van der Waals surface area contributed by atoms with Gasteiger partial charge >= 0.3 is 0 Å². The van der Waals surface area contributed by atoms with E-state index in [9.17, 15) is 19.8 Å². The zero-order valence-corrected chi connectivity index (χ0v) is 20.0. The average molecular weight is 506 g/mol. The molecular weight excluding hydrogens is 482 g/mol. The van der Waals surface area contributed by atoms with E-state index in [0.29, 0.717) is 33.7 Å². The summed E-state index contributed by atoms with van der Waals surface area (Å²) in [4.78, 5) is 33.8. The summed E-state index contributed by atoms with van der Waals surface area (Å²) in [6.45, 7) is 0.209. The van der Waals surface area contributed by atoms with Crippen LogP contribution < -0.4 is 5.73 Å². The first kappa shape index (κ1) is 25.2. The normalized spacial score (nSPS) is 20.9. The highest BCUT2D eigenvalue weighted by Crippen LogP contribution is 2.38. The topological polar surface area (TPSA) is 135 Å². The van der Waals surface area contributed by atoms with E-state index in [0.717, 1.165) is 0 Å². The Morgan fingerprint density at radius 3 is 2.81 bits per heavy atom. The van der Waals surface area contributed by atoms with Gasteiger partial charge in [-0.2, -0.15) is 0 Å². The summed E-state index contributed by atoms with van der Waals surface area (Å²) in [7, 11) is 0. The van der Waals surface area contributed by atoms with E-state index in [-0.39, 0.29) is 25.4 Å². The van der Waals surface area contributed by atoms with Crippen LogP contribution in [-0.2, 0) is 4.79 Å². The third kappa shape index (κ3) is 5.19. The van der Waals surface area contributed by atoms with Gasteiger partial charge in [0.15, 0.2) is 0 Å². The first-order chi connectivity index (χ1) is 17.3. The maximum Gasteiger partial charge on any atom is 0.248 e. The number of nitrogens with two attached hydrogens (primary N) is 1. The van der Waals surface area contributed by atoms with E-state index in [1.807, 2.05) is 0 Å². The van der Waals surface area contributed by atoms with E-state index in [4.69, 9.17) is 23.8 Å². The number of nitrogens with zero attached hydrogens (tertiary/aromatic N) is 4. The van der Waals surface area contributed by atoms with Gasteiger partial charge in [0.05, 0.1) is 30.5 Å². The molecule has 2 heterocycles. The number of carbonyl (C=O) groups is 2. The second kappa shape index (κ2) is 10.8. The molecule has 2 aromatic heterocycles. The Morgan fingerprint density at radius 2 is 2.06 bits per heavy atom. The molecule has 10 heteroatoms. The SMILES string of the molecule is C#CCC(=O)N(CC#Cc1cccc(C(N)=O)c1)C[C@H]1C[C@@H](n2ccc3c(Cl)ncnc32)[C@H](O)[C@@H]1O. The first-order valence-corrected chi connectivity index (χ1v) is 11.6. The van der Waals surface area contributed by atoms with Gasteiger partial charge in [-0.05, 0) is 30.7 Å². The number of fused-ring (bicyclic) bond motifs is 1. The van der Waals surface area contributed by atoms with Crippen molar-refractivity contribution < 1.29 is 19.8 Å². The fraction of sp³-hybridized carbons (Fsp3) is 0.308. The minimum absolute atomic E-state index is 0.0561. The maximum absolute atomic E-state index is 12.7. The minimum atomic E-state index is -1.08. The van der Waals surface area contributed by atoms with E-state index < -0.39 is 30.1 Å². The molecule has 0 aliphatic heterocycles. The van der Waals surface area contributed by atoms with Gasteiger partial charge in [-0.3, -0.25) is 9.59 Å². The summed E-state index contributed by atoms with van der Waals surface area (Å²) in [6, 6.07) is 7.85. The monoisotopic (exact) mass is 505 g/mol. The fourth-order valence-electron chi connectivity index (χ4n) is 4.49. The molecule has 1 saturated carbocycles. The Labute approximate surface area is 212 Å². The Balaban J connectivity index is 1.52. The van der Waals surface area contributed by atoms with Gasteiger partial charge in [0, 0.05) is 29.8 Å². The molecule has 0 unspecified atom stereocenters. The number of aromatic nitrogens is 3. The smallest absolute Gasteiger partial charge is 0.248 e. The predicted octanol–water partition coefficient (Wildman–Crippen LogP) is 1.37. The Bertz CT molecular complexity index is 1400. The minimum Gasteiger partial charge on any atom is -0.390 e. The summed E-state index contributed by atoms with van der Waals surface area (Å²) >= 11 is 6.15. The van der Waals surface area contributed by atoms with Crippen LogP contribution in [0.4, 0.5) is 0 Å². The maximum atomic E-state index is 12.7. The van der Waals surface area contributed by atoms with Gasteiger partial charge in [-0.25, -0.2) is 9.97 Å². The zero-order valence-electron chi connectivity index (χ0n) is 19.2. The highest BCUT2D eigenvalue weighted by Gasteiger charge is 2.43. The van der Waals surface area contributed by atoms with Crippen molar-refractivity contribution in [3.8, 4) is 24.2 Å². The molecule has 4 rings (SSSR count). The predicted molar refractivity (Wildman–Crippen MR) is 134 cm³/mol. The van der Waals surface area contributed by atoms with Crippen molar-refractivity contribution >= 4 is 34.4 Å². The third-order valence-corrected chi connectivity index (χ3v) is 6.60. The molecular formula is C26H24ClN5O4. The van der Waals surface area contributed by atoms with Crippen molar-refractivity contribution in [1.29, 1.82) is 0 Å². The van der Waals surface area contributed by atoms with Crippen molar-refractivity contribution in [1.82, 2.24) is 19.4 Å². The van der Waals surface area contributed by atoms with Crippen molar-refractivity contribution in [2.45, 2.75) is 31.1 Å². The molecule has 4 atom stereocenters. The Hall–Kier alpha value is -3.89. The van der Waals surface area contributed by atoms with E-state index in [2.05, 4.69) is 27.7 Å². The lowest BCUT2D eigenvalue weighted by Crippen LogP contribution is -2.39. The lowest BCUT2D eigenvalue weighted by Gasteiger charge is -2.25. The molecule has 1 aliphatic carbocycles. The van der Waals surface area contributed by atoms with Gasteiger partial charge in [0.1, 0.15) is 23.2 Å². The lowest BCUT2D eigenvalue weighted by molar-refractivity contribution is -0.130. The highest BCUT2D eigenvalue weighted by atomic mass is 35.5. The van der Waals surface area contributed by atoms with E-state index >= 15 is 0 Å². The Kier molecular flexibility index (Phi) is 7.56. The molecule has 184 valence electrons. The summed E-state index contributed by atoms with van der Waals surface area (Å²) in [6.07, 6.45) is 6.56. The quantitative estimate of drug-likeness (QED) is 0.342. The number of primary amides is 1. The standard InChI is InChI=1S/C26H24ClN5O4/c1-2-5-21(33)31(10-4-7-16-6-3-8-17(12-16)25(28)36)14-18-13-20(23(35)22(18)34)32-11-9-19-24(27)29-15-30-26(19)32/h1,3,6,8-9,11-12,15,18,20,22-23,34-35H,5,10,13-14H2,(H2,28,36)/t18-,20-,22-,23+/m1/s1. The first-order valence-electron chi connectivity index (χ1n) is 11.2. The number of terminal acetylenes is 1. The molecule has 2 amide bonds. The van der Waals surface area contributed by atoms with E-state index in [1.54, 1.807) is 41.1 Å². The van der Waals surface area contributed by atoms with Crippen LogP contribution in [0.2, 0.25) is 5.15 Å². The van der Waals surface area contributed by atoms with Crippen molar-refractivity contribution in [3.05, 3.63) is 59.1 Å². The van der Waals surface area contributed by atoms with E-state index in [1.165, 1.54) is 11.2 Å². The van der Waals surface area contributed by atoms with Gasteiger partial charge in [0.25, 0.3) is 0 Å². The average Bonchev–Trinajstić information content (AvgIpc) is 3.41. The lowest BCUT2D eigenvalue weighted by atomic mass is 10.0.